The second-order valence-electron chi connectivity index (χ2n) is 5.56. The summed E-state index contributed by atoms with van der Waals surface area (Å²) in [6.07, 6.45) is 1.31. The number of sulfone groups is 1. The number of hydrogen-bond donors (Lipinski definition) is 0. The molecular weight excluding hydrogens is 322 g/mol. The highest BCUT2D eigenvalue weighted by Gasteiger charge is 2.21. The topological polar surface area (TPSA) is 54.5 Å². The standard InChI is InChI=1S/C19H21NO3S/c1-2-13-24(22,23)16-19(21)20(14-17-9-5-3-6-10-17)15-18-11-7-4-8-12-18/h2-12H,1,13-16H2. The minimum absolute atomic E-state index is 0.191. The Kier molecular flexibility index (Phi) is 6.32. The zero-order chi connectivity index (χ0) is 17.4. The van der Waals surface area contributed by atoms with E-state index in [4.69, 9.17) is 0 Å². The van der Waals surface area contributed by atoms with E-state index in [1.54, 1.807) is 4.90 Å². The van der Waals surface area contributed by atoms with E-state index in [0.717, 1.165) is 11.1 Å². The van der Waals surface area contributed by atoms with E-state index in [2.05, 4.69) is 6.58 Å². The lowest BCUT2D eigenvalue weighted by atomic mass is 10.1. The van der Waals surface area contributed by atoms with Crippen LogP contribution in [0.5, 0.6) is 0 Å². The Balaban J connectivity index is 2.18. The summed E-state index contributed by atoms with van der Waals surface area (Å²) in [4.78, 5) is 14.1. The molecule has 4 nitrogen and oxygen atoms in total. The van der Waals surface area contributed by atoms with Gasteiger partial charge in [0.15, 0.2) is 9.84 Å². The molecule has 0 radical (unpaired) electrons. The monoisotopic (exact) mass is 343 g/mol. The Morgan fingerprint density at radius 1 is 0.917 bits per heavy atom. The van der Waals surface area contributed by atoms with E-state index in [9.17, 15) is 13.2 Å². The van der Waals surface area contributed by atoms with Crippen LogP contribution in [0.2, 0.25) is 0 Å². The number of rotatable bonds is 8. The molecule has 0 aliphatic carbocycles. The van der Waals surface area contributed by atoms with Gasteiger partial charge in [0.1, 0.15) is 5.75 Å². The maximum Gasteiger partial charge on any atom is 0.238 e. The van der Waals surface area contributed by atoms with Crippen LogP contribution in [0.1, 0.15) is 11.1 Å². The van der Waals surface area contributed by atoms with E-state index in [0.29, 0.717) is 13.1 Å². The number of benzene rings is 2. The maximum atomic E-state index is 12.6. The summed E-state index contributed by atoms with van der Waals surface area (Å²) in [5, 5.41) is 0. The third-order valence-corrected chi connectivity index (χ3v) is 4.93. The number of carbonyl (C=O) groups excluding carboxylic acids is 1. The van der Waals surface area contributed by atoms with E-state index in [-0.39, 0.29) is 5.75 Å². The van der Waals surface area contributed by atoms with Crippen molar-refractivity contribution < 1.29 is 13.2 Å². The van der Waals surface area contributed by atoms with E-state index < -0.39 is 21.5 Å². The predicted octanol–water partition coefficient (Wildman–Crippen LogP) is 2.82. The molecule has 5 heteroatoms. The van der Waals surface area contributed by atoms with Gasteiger partial charge in [0.25, 0.3) is 0 Å². The molecule has 0 fully saturated rings. The molecule has 0 atom stereocenters. The molecule has 0 aromatic heterocycles. The summed E-state index contributed by atoms with van der Waals surface area (Å²) in [6, 6.07) is 19.1. The molecular formula is C19H21NO3S. The summed E-state index contributed by atoms with van der Waals surface area (Å²) >= 11 is 0. The molecule has 1 amide bonds. The molecule has 0 heterocycles. The third kappa shape index (κ3) is 5.66. The van der Waals surface area contributed by atoms with Crippen molar-refractivity contribution in [2.45, 2.75) is 13.1 Å². The van der Waals surface area contributed by atoms with Crippen LogP contribution in [0, 0.1) is 0 Å². The van der Waals surface area contributed by atoms with Gasteiger partial charge in [0.05, 0.1) is 5.75 Å². The van der Waals surface area contributed by atoms with Crippen molar-refractivity contribution in [3.63, 3.8) is 0 Å². The first-order valence-corrected chi connectivity index (χ1v) is 9.49. The van der Waals surface area contributed by atoms with Crippen molar-refractivity contribution in [2.75, 3.05) is 11.5 Å². The average Bonchev–Trinajstić information content (AvgIpc) is 2.55. The SMILES string of the molecule is C=CCS(=O)(=O)CC(=O)N(Cc1ccccc1)Cc1ccccc1. The lowest BCUT2D eigenvalue weighted by Crippen LogP contribution is -2.35. The largest absolute Gasteiger partial charge is 0.333 e. The highest BCUT2D eigenvalue weighted by molar-refractivity contribution is 7.92. The first-order chi connectivity index (χ1) is 11.5. The fourth-order valence-corrected chi connectivity index (χ4v) is 3.39. The molecule has 0 unspecified atom stereocenters. The van der Waals surface area contributed by atoms with E-state index >= 15 is 0 Å². The molecule has 0 saturated carbocycles. The van der Waals surface area contributed by atoms with Gasteiger partial charge in [-0.15, -0.1) is 6.58 Å². The normalized spacial score (nSPS) is 11.0. The van der Waals surface area contributed by atoms with Crippen molar-refractivity contribution in [1.29, 1.82) is 0 Å². The van der Waals surface area contributed by atoms with Gasteiger partial charge in [-0.05, 0) is 11.1 Å². The number of carbonyl (C=O) groups is 1. The Bertz CT molecular complexity index is 729. The molecule has 0 bridgehead atoms. The highest BCUT2D eigenvalue weighted by atomic mass is 32.2. The van der Waals surface area contributed by atoms with Crippen LogP contribution in [-0.4, -0.2) is 30.7 Å². The number of nitrogens with zero attached hydrogens (tertiary/aromatic N) is 1. The van der Waals surface area contributed by atoms with Gasteiger partial charge in [0, 0.05) is 13.1 Å². The van der Waals surface area contributed by atoms with Gasteiger partial charge in [-0.25, -0.2) is 8.42 Å². The number of hydrogen-bond acceptors (Lipinski definition) is 3. The molecule has 24 heavy (non-hydrogen) atoms. The molecule has 2 aromatic rings. The van der Waals surface area contributed by atoms with Gasteiger partial charge in [-0.3, -0.25) is 4.79 Å². The van der Waals surface area contributed by atoms with Crippen LogP contribution in [0.3, 0.4) is 0 Å². The van der Waals surface area contributed by atoms with Crippen LogP contribution in [-0.2, 0) is 27.7 Å². The molecule has 126 valence electrons. The lowest BCUT2D eigenvalue weighted by Gasteiger charge is -2.23. The fraction of sp³-hybridized carbons (Fsp3) is 0.211. The van der Waals surface area contributed by atoms with Gasteiger partial charge in [-0.2, -0.15) is 0 Å². The van der Waals surface area contributed by atoms with Crippen LogP contribution >= 0.6 is 0 Å². The Morgan fingerprint density at radius 3 is 1.79 bits per heavy atom. The van der Waals surface area contributed by atoms with Gasteiger partial charge >= 0.3 is 0 Å². The molecule has 2 rings (SSSR count). The Hall–Kier alpha value is -2.40. The summed E-state index contributed by atoms with van der Waals surface area (Å²) in [7, 11) is -3.47. The van der Waals surface area contributed by atoms with Gasteiger partial charge in [-0.1, -0.05) is 66.7 Å². The predicted molar refractivity (Wildman–Crippen MR) is 96.0 cm³/mol. The van der Waals surface area contributed by atoms with E-state index in [1.807, 2.05) is 60.7 Å². The van der Waals surface area contributed by atoms with Crippen molar-refractivity contribution in [1.82, 2.24) is 4.90 Å². The first-order valence-electron chi connectivity index (χ1n) is 7.67. The van der Waals surface area contributed by atoms with Crippen molar-refractivity contribution in [3.05, 3.63) is 84.4 Å². The third-order valence-electron chi connectivity index (χ3n) is 3.50. The zero-order valence-corrected chi connectivity index (χ0v) is 14.3. The molecule has 0 saturated heterocycles. The van der Waals surface area contributed by atoms with Gasteiger partial charge < -0.3 is 4.90 Å². The van der Waals surface area contributed by atoms with Crippen LogP contribution < -0.4 is 0 Å². The van der Waals surface area contributed by atoms with Crippen molar-refractivity contribution in [3.8, 4) is 0 Å². The van der Waals surface area contributed by atoms with Crippen LogP contribution in [0.15, 0.2) is 73.3 Å². The zero-order valence-electron chi connectivity index (χ0n) is 13.5. The first kappa shape index (κ1) is 17.9. The second kappa shape index (κ2) is 8.45. The Morgan fingerprint density at radius 2 is 1.38 bits per heavy atom. The van der Waals surface area contributed by atoms with Crippen molar-refractivity contribution in [2.24, 2.45) is 0 Å². The van der Waals surface area contributed by atoms with Crippen molar-refractivity contribution >= 4 is 15.7 Å². The van der Waals surface area contributed by atoms with E-state index in [1.165, 1.54) is 6.08 Å². The van der Waals surface area contributed by atoms with Crippen LogP contribution in [0.4, 0.5) is 0 Å². The summed E-state index contributed by atoms with van der Waals surface area (Å²) in [5.41, 5.74) is 1.92. The minimum Gasteiger partial charge on any atom is -0.333 e. The minimum atomic E-state index is -3.47. The summed E-state index contributed by atoms with van der Waals surface area (Å²) in [5.74, 6) is -1.09. The second-order valence-corrected chi connectivity index (χ2v) is 7.67. The molecule has 0 aliphatic heterocycles. The molecule has 0 aliphatic rings. The van der Waals surface area contributed by atoms with Gasteiger partial charge in [0.2, 0.25) is 5.91 Å². The Labute approximate surface area is 143 Å². The maximum absolute atomic E-state index is 12.6. The molecule has 2 aromatic carbocycles. The average molecular weight is 343 g/mol. The summed E-state index contributed by atoms with van der Waals surface area (Å²) in [6.45, 7) is 4.18. The summed E-state index contributed by atoms with van der Waals surface area (Å²) < 4.78 is 23.9. The fourth-order valence-electron chi connectivity index (χ4n) is 2.36. The van der Waals surface area contributed by atoms with Crippen LogP contribution in [0.25, 0.3) is 0 Å². The lowest BCUT2D eigenvalue weighted by molar-refractivity contribution is -0.129. The quantitative estimate of drug-likeness (QED) is 0.693. The molecule has 0 N–H and O–H groups in total. The highest BCUT2D eigenvalue weighted by Crippen LogP contribution is 2.11. The molecule has 0 spiro atoms. The smallest absolute Gasteiger partial charge is 0.238 e. The number of amides is 1.